The van der Waals surface area contributed by atoms with Gasteiger partial charge in [-0.1, -0.05) is 32.9 Å². The lowest BCUT2D eigenvalue weighted by molar-refractivity contribution is -0.116. The van der Waals surface area contributed by atoms with Crippen LogP contribution in [0.3, 0.4) is 0 Å². The van der Waals surface area contributed by atoms with E-state index >= 15 is 0 Å². The van der Waals surface area contributed by atoms with Gasteiger partial charge in [0.2, 0.25) is 0 Å². The van der Waals surface area contributed by atoms with Crippen LogP contribution in [0.15, 0.2) is 12.1 Å². The number of hydrogen-bond donors (Lipinski definition) is 0. The number of hydrogen-bond acceptors (Lipinski definition) is 1. The maximum absolute atomic E-state index is 11.3. The van der Waals surface area contributed by atoms with E-state index in [4.69, 9.17) is 0 Å². The summed E-state index contributed by atoms with van der Waals surface area (Å²) in [4.78, 5) is 11.3. The van der Waals surface area contributed by atoms with Gasteiger partial charge in [0.25, 0.3) is 0 Å². The van der Waals surface area contributed by atoms with Gasteiger partial charge in [-0.15, -0.1) is 0 Å². The molecule has 0 bridgehead atoms. The lowest BCUT2D eigenvalue weighted by Crippen LogP contribution is -2.06. The van der Waals surface area contributed by atoms with E-state index in [2.05, 4.69) is 32.9 Å². The van der Waals surface area contributed by atoms with E-state index in [1.807, 2.05) is 0 Å². The molecule has 1 nitrogen and oxygen atoms in total. The Hall–Kier alpha value is -1.11. The zero-order valence-electron chi connectivity index (χ0n) is 10.9. The highest BCUT2D eigenvalue weighted by atomic mass is 16.1. The molecule has 0 radical (unpaired) electrons. The second kappa shape index (κ2) is 5.83. The van der Waals surface area contributed by atoms with E-state index in [1.54, 1.807) is 6.92 Å². The summed E-state index contributed by atoms with van der Waals surface area (Å²) in [5.41, 5.74) is 5.37. The van der Waals surface area contributed by atoms with Gasteiger partial charge in [-0.25, -0.2) is 0 Å². The van der Waals surface area contributed by atoms with E-state index in [0.29, 0.717) is 6.42 Å². The first-order valence-corrected chi connectivity index (χ1v) is 6.25. The third kappa shape index (κ3) is 2.94. The molecule has 0 atom stereocenters. The normalized spacial score (nSPS) is 10.5. The molecule has 0 aromatic heterocycles. The first-order chi connectivity index (χ1) is 7.62. The number of carbonyl (C=O) groups excluding carboxylic acids is 1. The molecule has 0 spiro atoms. The first-order valence-electron chi connectivity index (χ1n) is 6.25. The number of benzene rings is 1. The van der Waals surface area contributed by atoms with E-state index in [9.17, 15) is 4.79 Å². The molecule has 1 aromatic carbocycles. The Morgan fingerprint density at radius 3 is 1.81 bits per heavy atom. The Balaban J connectivity index is 3.25. The van der Waals surface area contributed by atoms with Crippen LogP contribution in [0.5, 0.6) is 0 Å². The van der Waals surface area contributed by atoms with Crippen LogP contribution in [0.25, 0.3) is 0 Å². The minimum absolute atomic E-state index is 0.258. The van der Waals surface area contributed by atoms with Crippen molar-refractivity contribution in [2.45, 2.75) is 53.4 Å². The molecule has 0 aliphatic heterocycles. The van der Waals surface area contributed by atoms with Gasteiger partial charge in [0, 0.05) is 6.42 Å². The average Bonchev–Trinajstić information content (AvgIpc) is 2.28. The summed E-state index contributed by atoms with van der Waals surface area (Å²) in [6.45, 7) is 8.18. The van der Waals surface area contributed by atoms with Gasteiger partial charge in [-0.2, -0.15) is 0 Å². The molecule has 0 saturated heterocycles. The van der Waals surface area contributed by atoms with Crippen molar-refractivity contribution >= 4 is 5.78 Å². The largest absolute Gasteiger partial charge is 0.300 e. The second-order valence-corrected chi connectivity index (χ2v) is 4.33. The standard InChI is InChI=1S/C15H22O/c1-5-12-9-13(6-2)15(8-11(4)16)14(7-3)10-12/h9-10H,5-8H2,1-4H3. The molecular weight excluding hydrogens is 196 g/mol. The second-order valence-electron chi connectivity index (χ2n) is 4.33. The molecule has 0 fully saturated rings. The summed E-state index contributed by atoms with van der Waals surface area (Å²) < 4.78 is 0. The van der Waals surface area contributed by atoms with E-state index in [1.165, 1.54) is 22.3 Å². The lowest BCUT2D eigenvalue weighted by Gasteiger charge is -2.14. The topological polar surface area (TPSA) is 17.1 Å². The van der Waals surface area contributed by atoms with Crippen LogP contribution >= 0.6 is 0 Å². The summed E-state index contributed by atoms with van der Waals surface area (Å²) >= 11 is 0. The molecule has 88 valence electrons. The Bertz CT molecular complexity index is 352. The van der Waals surface area contributed by atoms with Gasteiger partial charge in [0.05, 0.1) is 0 Å². The van der Waals surface area contributed by atoms with Gasteiger partial charge in [0.15, 0.2) is 0 Å². The van der Waals surface area contributed by atoms with Gasteiger partial charge in [-0.3, -0.25) is 4.79 Å². The van der Waals surface area contributed by atoms with Crippen molar-refractivity contribution in [3.63, 3.8) is 0 Å². The van der Waals surface area contributed by atoms with Crippen molar-refractivity contribution in [2.24, 2.45) is 0 Å². The Morgan fingerprint density at radius 1 is 1.00 bits per heavy atom. The van der Waals surface area contributed by atoms with Crippen molar-refractivity contribution in [1.29, 1.82) is 0 Å². The summed E-state index contributed by atoms with van der Waals surface area (Å²) in [7, 11) is 0. The Kier molecular flexibility index (Phi) is 4.72. The molecule has 0 saturated carbocycles. The number of Topliss-reactive ketones (excluding diaryl/α,β-unsaturated/α-hetero) is 1. The van der Waals surface area contributed by atoms with Crippen LogP contribution in [-0.4, -0.2) is 5.78 Å². The fourth-order valence-corrected chi connectivity index (χ4v) is 2.18. The van der Waals surface area contributed by atoms with Crippen molar-refractivity contribution < 1.29 is 4.79 Å². The molecule has 0 heterocycles. The summed E-state index contributed by atoms with van der Waals surface area (Å²) in [5.74, 6) is 0.258. The third-order valence-corrected chi connectivity index (χ3v) is 3.09. The van der Waals surface area contributed by atoms with Crippen LogP contribution < -0.4 is 0 Å². The Morgan fingerprint density at radius 2 is 1.50 bits per heavy atom. The quantitative estimate of drug-likeness (QED) is 0.739. The van der Waals surface area contributed by atoms with Crippen LogP contribution in [0.2, 0.25) is 0 Å². The van der Waals surface area contributed by atoms with Gasteiger partial charge in [0.1, 0.15) is 5.78 Å². The lowest BCUT2D eigenvalue weighted by atomic mass is 9.91. The van der Waals surface area contributed by atoms with Crippen LogP contribution in [0.1, 0.15) is 49.9 Å². The SMILES string of the molecule is CCc1cc(CC)c(CC(C)=O)c(CC)c1. The highest BCUT2D eigenvalue weighted by Gasteiger charge is 2.10. The minimum Gasteiger partial charge on any atom is -0.300 e. The van der Waals surface area contributed by atoms with Crippen LogP contribution in [0, 0.1) is 0 Å². The van der Waals surface area contributed by atoms with Gasteiger partial charge >= 0.3 is 0 Å². The number of aryl methyl sites for hydroxylation is 3. The zero-order chi connectivity index (χ0) is 12.1. The molecule has 1 aromatic rings. The van der Waals surface area contributed by atoms with Crippen LogP contribution in [-0.2, 0) is 30.5 Å². The number of rotatable bonds is 5. The molecule has 0 unspecified atom stereocenters. The van der Waals surface area contributed by atoms with Gasteiger partial charge in [-0.05, 0) is 48.4 Å². The molecular formula is C15H22O. The predicted octanol–water partition coefficient (Wildman–Crippen LogP) is 3.51. The minimum atomic E-state index is 0.258. The monoisotopic (exact) mass is 218 g/mol. The molecule has 0 aliphatic rings. The molecule has 0 amide bonds. The third-order valence-electron chi connectivity index (χ3n) is 3.09. The predicted molar refractivity (Wildman–Crippen MR) is 69.0 cm³/mol. The molecule has 0 N–H and O–H groups in total. The molecule has 1 rings (SSSR count). The fraction of sp³-hybridized carbons (Fsp3) is 0.533. The maximum atomic E-state index is 11.3. The summed E-state index contributed by atoms with van der Waals surface area (Å²) in [6.07, 6.45) is 3.70. The van der Waals surface area contributed by atoms with Gasteiger partial charge < -0.3 is 0 Å². The summed E-state index contributed by atoms with van der Waals surface area (Å²) in [6, 6.07) is 4.52. The van der Waals surface area contributed by atoms with Crippen molar-refractivity contribution in [3.05, 3.63) is 34.4 Å². The van der Waals surface area contributed by atoms with E-state index in [-0.39, 0.29) is 5.78 Å². The number of carbonyl (C=O) groups is 1. The van der Waals surface area contributed by atoms with Crippen LogP contribution in [0.4, 0.5) is 0 Å². The average molecular weight is 218 g/mol. The molecule has 0 aliphatic carbocycles. The fourth-order valence-electron chi connectivity index (χ4n) is 2.18. The van der Waals surface area contributed by atoms with Crippen molar-refractivity contribution in [2.75, 3.05) is 0 Å². The highest BCUT2D eigenvalue weighted by molar-refractivity contribution is 5.79. The van der Waals surface area contributed by atoms with E-state index in [0.717, 1.165) is 19.3 Å². The zero-order valence-corrected chi connectivity index (χ0v) is 10.9. The smallest absolute Gasteiger partial charge is 0.134 e. The van der Waals surface area contributed by atoms with E-state index < -0.39 is 0 Å². The molecule has 16 heavy (non-hydrogen) atoms. The maximum Gasteiger partial charge on any atom is 0.134 e. The molecule has 1 heteroatoms. The first kappa shape index (κ1) is 13.0. The Labute approximate surface area is 98.9 Å². The van der Waals surface area contributed by atoms with Crippen molar-refractivity contribution in [1.82, 2.24) is 0 Å². The van der Waals surface area contributed by atoms with Crippen molar-refractivity contribution in [3.8, 4) is 0 Å². The summed E-state index contributed by atoms with van der Waals surface area (Å²) in [5, 5.41) is 0. The number of ketones is 1. The highest BCUT2D eigenvalue weighted by Crippen LogP contribution is 2.21.